The number of nitrogens with zero attached hydrogens (tertiary/aromatic N) is 2. The zero-order valence-corrected chi connectivity index (χ0v) is 16.4. The molecule has 0 spiro atoms. The Kier molecular flexibility index (Phi) is 6.08. The molecule has 0 atom stereocenters. The van der Waals surface area contributed by atoms with Gasteiger partial charge in [-0.15, -0.1) is 11.3 Å². The summed E-state index contributed by atoms with van der Waals surface area (Å²) in [5, 5.41) is 4.71. The zero-order chi connectivity index (χ0) is 18.6. The van der Waals surface area contributed by atoms with Gasteiger partial charge in [0.05, 0.1) is 11.3 Å². The summed E-state index contributed by atoms with van der Waals surface area (Å²) in [6.07, 6.45) is 0.285. The molecule has 2 aromatic rings. The number of likely N-dealkylation sites (N-methyl/N-ethyl adjacent to an activating group) is 1. The monoisotopic (exact) mass is 393 g/mol. The average Bonchev–Trinajstić information content (AvgIpc) is 3.14. The van der Waals surface area contributed by atoms with E-state index in [0.29, 0.717) is 18.8 Å². The molecule has 26 heavy (non-hydrogen) atoms. The van der Waals surface area contributed by atoms with E-state index in [2.05, 4.69) is 17.1 Å². The predicted molar refractivity (Wildman–Crippen MR) is 104 cm³/mol. The van der Waals surface area contributed by atoms with Crippen LogP contribution in [0.5, 0.6) is 0 Å². The summed E-state index contributed by atoms with van der Waals surface area (Å²) < 4.78 is 27.3. The lowest BCUT2D eigenvalue weighted by Gasteiger charge is -2.33. The van der Waals surface area contributed by atoms with Gasteiger partial charge in [0.2, 0.25) is 15.9 Å². The molecule has 1 saturated heterocycles. The second-order valence-corrected chi connectivity index (χ2v) is 9.14. The standard InChI is InChI=1S/C18H23N3O3S2/c1-2-20-8-10-21(11-9-20)26(23,24)17-7-3-5-15(13-17)19-18(22)14-16-6-4-12-25-16/h3-7,12-13H,2,8-11,14H2,1H3,(H,19,22). The van der Waals surface area contributed by atoms with Crippen LogP contribution in [-0.2, 0) is 21.2 Å². The number of carbonyl (C=O) groups excluding carboxylic acids is 1. The highest BCUT2D eigenvalue weighted by Crippen LogP contribution is 2.21. The van der Waals surface area contributed by atoms with E-state index < -0.39 is 10.0 Å². The fourth-order valence-corrected chi connectivity index (χ4v) is 5.12. The summed E-state index contributed by atoms with van der Waals surface area (Å²) in [4.78, 5) is 15.6. The van der Waals surface area contributed by atoms with Gasteiger partial charge in [0.1, 0.15) is 0 Å². The van der Waals surface area contributed by atoms with Gasteiger partial charge in [-0.1, -0.05) is 19.1 Å². The van der Waals surface area contributed by atoms with Gasteiger partial charge < -0.3 is 10.2 Å². The van der Waals surface area contributed by atoms with Gasteiger partial charge in [-0.25, -0.2) is 8.42 Å². The number of benzene rings is 1. The maximum atomic E-state index is 12.9. The minimum absolute atomic E-state index is 0.154. The van der Waals surface area contributed by atoms with E-state index in [1.807, 2.05) is 17.5 Å². The third-order valence-corrected chi connectivity index (χ3v) is 7.22. The van der Waals surface area contributed by atoms with Gasteiger partial charge in [0.25, 0.3) is 0 Å². The van der Waals surface area contributed by atoms with Crippen LogP contribution in [0.3, 0.4) is 0 Å². The van der Waals surface area contributed by atoms with E-state index in [4.69, 9.17) is 0 Å². The molecule has 8 heteroatoms. The Morgan fingerprint density at radius 3 is 2.58 bits per heavy atom. The Labute approximate surface area is 158 Å². The number of sulfonamides is 1. The predicted octanol–water partition coefficient (Wildman–Crippen LogP) is 2.26. The Balaban J connectivity index is 1.69. The van der Waals surface area contributed by atoms with Crippen molar-refractivity contribution in [3.8, 4) is 0 Å². The lowest BCUT2D eigenvalue weighted by atomic mass is 10.3. The average molecular weight is 394 g/mol. The van der Waals surface area contributed by atoms with Gasteiger partial charge in [0, 0.05) is 36.7 Å². The molecule has 1 fully saturated rings. The van der Waals surface area contributed by atoms with Crippen LogP contribution >= 0.6 is 11.3 Å². The van der Waals surface area contributed by atoms with E-state index in [1.54, 1.807) is 18.2 Å². The lowest BCUT2D eigenvalue weighted by Crippen LogP contribution is -2.48. The zero-order valence-electron chi connectivity index (χ0n) is 14.7. The number of piperazine rings is 1. The van der Waals surface area contributed by atoms with Gasteiger partial charge in [0.15, 0.2) is 0 Å². The summed E-state index contributed by atoms with van der Waals surface area (Å²) in [5.74, 6) is -0.154. The molecule has 0 radical (unpaired) electrons. The largest absolute Gasteiger partial charge is 0.326 e. The quantitative estimate of drug-likeness (QED) is 0.817. The van der Waals surface area contributed by atoms with Gasteiger partial charge >= 0.3 is 0 Å². The first-order valence-electron chi connectivity index (χ1n) is 8.64. The van der Waals surface area contributed by atoms with Crippen molar-refractivity contribution in [2.75, 3.05) is 38.0 Å². The SMILES string of the molecule is CCN1CCN(S(=O)(=O)c2cccc(NC(=O)Cc3cccs3)c2)CC1. The summed E-state index contributed by atoms with van der Waals surface area (Å²) in [5.41, 5.74) is 0.500. The molecule has 0 bridgehead atoms. The topological polar surface area (TPSA) is 69.7 Å². The Hall–Kier alpha value is -1.74. The maximum Gasteiger partial charge on any atom is 0.243 e. The lowest BCUT2D eigenvalue weighted by molar-refractivity contribution is -0.115. The first-order chi connectivity index (χ1) is 12.5. The summed E-state index contributed by atoms with van der Waals surface area (Å²) in [6, 6.07) is 10.3. The normalized spacial score (nSPS) is 16.5. The fourth-order valence-electron chi connectivity index (χ4n) is 2.95. The Bertz CT molecular complexity index is 842. The fraction of sp³-hybridized carbons (Fsp3) is 0.389. The van der Waals surface area contributed by atoms with Crippen LogP contribution in [0, 0.1) is 0 Å². The number of rotatable bonds is 6. The van der Waals surface area contributed by atoms with Crippen LogP contribution in [-0.4, -0.2) is 56.3 Å². The highest BCUT2D eigenvalue weighted by Gasteiger charge is 2.28. The molecule has 140 valence electrons. The maximum absolute atomic E-state index is 12.9. The summed E-state index contributed by atoms with van der Waals surface area (Å²) >= 11 is 1.52. The molecule has 0 unspecified atom stereocenters. The smallest absolute Gasteiger partial charge is 0.243 e. The van der Waals surface area contributed by atoms with Crippen LogP contribution in [0.25, 0.3) is 0 Å². The third-order valence-electron chi connectivity index (χ3n) is 4.45. The van der Waals surface area contributed by atoms with E-state index in [9.17, 15) is 13.2 Å². The van der Waals surface area contributed by atoms with Crippen molar-refractivity contribution in [3.63, 3.8) is 0 Å². The molecule has 0 saturated carbocycles. The van der Waals surface area contributed by atoms with E-state index in [-0.39, 0.29) is 17.2 Å². The number of amides is 1. The van der Waals surface area contributed by atoms with Crippen molar-refractivity contribution in [1.29, 1.82) is 0 Å². The van der Waals surface area contributed by atoms with E-state index >= 15 is 0 Å². The number of carbonyl (C=O) groups is 1. The van der Waals surface area contributed by atoms with Crippen molar-refractivity contribution in [1.82, 2.24) is 9.21 Å². The minimum atomic E-state index is -3.54. The van der Waals surface area contributed by atoms with Crippen LogP contribution < -0.4 is 5.32 Å². The number of anilines is 1. The van der Waals surface area contributed by atoms with E-state index in [0.717, 1.165) is 24.5 Å². The molecule has 2 heterocycles. The molecule has 0 aliphatic carbocycles. The van der Waals surface area contributed by atoms with Crippen LogP contribution in [0.4, 0.5) is 5.69 Å². The second kappa shape index (κ2) is 8.30. The van der Waals surface area contributed by atoms with Crippen LogP contribution in [0.15, 0.2) is 46.7 Å². The molecule has 1 aromatic heterocycles. The van der Waals surface area contributed by atoms with Gasteiger partial charge in [-0.3, -0.25) is 4.79 Å². The van der Waals surface area contributed by atoms with Crippen molar-refractivity contribution < 1.29 is 13.2 Å². The van der Waals surface area contributed by atoms with Crippen molar-refractivity contribution in [2.24, 2.45) is 0 Å². The summed E-state index contributed by atoms with van der Waals surface area (Å²) in [7, 11) is -3.54. The molecule has 1 amide bonds. The Morgan fingerprint density at radius 1 is 1.15 bits per heavy atom. The molecule has 1 aliphatic heterocycles. The molecule has 6 nitrogen and oxygen atoms in total. The molecule has 1 N–H and O–H groups in total. The Morgan fingerprint density at radius 2 is 1.92 bits per heavy atom. The van der Waals surface area contributed by atoms with Gasteiger partial charge in [-0.05, 0) is 36.2 Å². The first-order valence-corrected chi connectivity index (χ1v) is 11.0. The molecule has 1 aromatic carbocycles. The van der Waals surface area contributed by atoms with Crippen molar-refractivity contribution in [2.45, 2.75) is 18.2 Å². The molecule has 3 rings (SSSR count). The molecular weight excluding hydrogens is 370 g/mol. The molecular formula is C18H23N3O3S2. The van der Waals surface area contributed by atoms with Crippen molar-refractivity contribution >= 4 is 33.0 Å². The summed E-state index contributed by atoms with van der Waals surface area (Å²) in [6.45, 7) is 5.47. The van der Waals surface area contributed by atoms with E-state index in [1.165, 1.54) is 21.7 Å². The highest BCUT2D eigenvalue weighted by atomic mass is 32.2. The number of nitrogens with one attached hydrogen (secondary N) is 1. The highest BCUT2D eigenvalue weighted by molar-refractivity contribution is 7.89. The minimum Gasteiger partial charge on any atom is -0.326 e. The van der Waals surface area contributed by atoms with Crippen molar-refractivity contribution in [3.05, 3.63) is 46.7 Å². The number of thiophene rings is 1. The first kappa shape index (κ1) is 19.0. The van der Waals surface area contributed by atoms with Crippen LogP contribution in [0.2, 0.25) is 0 Å². The number of hydrogen-bond acceptors (Lipinski definition) is 5. The second-order valence-electron chi connectivity index (χ2n) is 6.17. The third kappa shape index (κ3) is 4.50. The van der Waals surface area contributed by atoms with Crippen LogP contribution in [0.1, 0.15) is 11.8 Å². The molecule has 1 aliphatic rings. The van der Waals surface area contributed by atoms with Gasteiger partial charge in [-0.2, -0.15) is 4.31 Å². The number of hydrogen-bond donors (Lipinski definition) is 1.